The van der Waals surface area contributed by atoms with Gasteiger partial charge < -0.3 is 15.4 Å². The van der Waals surface area contributed by atoms with Crippen molar-refractivity contribution in [2.24, 2.45) is 5.92 Å². The predicted octanol–water partition coefficient (Wildman–Crippen LogP) is 4.42. The van der Waals surface area contributed by atoms with E-state index in [1.54, 1.807) is 0 Å². The number of benzene rings is 2. The van der Waals surface area contributed by atoms with Crippen molar-refractivity contribution in [3.8, 4) is 5.75 Å². The van der Waals surface area contributed by atoms with Crippen LogP contribution in [0.25, 0.3) is 0 Å². The Morgan fingerprint density at radius 1 is 1.08 bits per heavy atom. The summed E-state index contributed by atoms with van der Waals surface area (Å²) in [6.07, 6.45) is 0.933. The predicted molar refractivity (Wildman–Crippen MR) is 105 cm³/mol. The summed E-state index contributed by atoms with van der Waals surface area (Å²) >= 11 is 0. The molecule has 2 aromatic rings. The van der Waals surface area contributed by atoms with E-state index in [-0.39, 0.29) is 12.1 Å². The first-order valence-corrected chi connectivity index (χ1v) is 9.38. The van der Waals surface area contributed by atoms with Crippen molar-refractivity contribution >= 4 is 6.03 Å². The van der Waals surface area contributed by atoms with Gasteiger partial charge in [-0.3, -0.25) is 0 Å². The third-order valence-corrected chi connectivity index (χ3v) is 4.96. The number of para-hydroxylation sites is 1. The summed E-state index contributed by atoms with van der Waals surface area (Å²) in [4.78, 5) is 12.2. The molecule has 26 heavy (non-hydrogen) atoms. The van der Waals surface area contributed by atoms with Gasteiger partial charge in [-0.15, -0.1) is 0 Å². The van der Waals surface area contributed by atoms with Crippen molar-refractivity contribution in [2.45, 2.75) is 39.2 Å². The highest BCUT2D eigenvalue weighted by molar-refractivity contribution is 5.74. The molecule has 1 heterocycles. The quantitative estimate of drug-likeness (QED) is 0.837. The normalized spacial score (nSPS) is 17.2. The Kier molecular flexibility index (Phi) is 5.82. The molecule has 0 fully saturated rings. The van der Waals surface area contributed by atoms with Crippen LogP contribution in [0.4, 0.5) is 4.79 Å². The lowest BCUT2D eigenvalue weighted by Gasteiger charge is -2.25. The molecular weight excluding hydrogens is 324 g/mol. The maximum atomic E-state index is 12.2. The minimum atomic E-state index is -0.135. The van der Waals surface area contributed by atoms with Gasteiger partial charge in [0.25, 0.3) is 0 Å². The molecule has 0 aromatic heterocycles. The molecule has 2 aromatic carbocycles. The molecule has 1 aliphatic heterocycles. The first-order valence-electron chi connectivity index (χ1n) is 9.38. The van der Waals surface area contributed by atoms with Gasteiger partial charge in [-0.1, -0.05) is 56.3 Å². The standard InChI is InChI=1S/C22H28N2O2/c1-15(2)18-8-10-19(11-9-18)16(3)24-22(25)23-13-17-12-20-6-4-5-7-21(20)26-14-17/h4-11,15-17H,12-14H2,1-3H3,(H2,23,24,25). The zero-order valence-electron chi connectivity index (χ0n) is 15.8. The van der Waals surface area contributed by atoms with E-state index in [4.69, 9.17) is 4.74 Å². The molecule has 0 spiro atoms. The number of carbonyl (C=O) groups excluding carboxylic acids is 1. The molecular formula is C22H28N2O2. The molecule has 4 nitrogen and oxygen atoms in total. The zero-order valence-corrected chi connectivity index (χ0v) is 15.8. The van der Waals surface area contributed by atoms with Crippen LogP contribution in [-0.2, 0) is 6.42 Å². The number of hydrogen-bond donors (Lipinski definition) is 2. The third kappa shape index (κ3) is 4.57. The molecule has 4 heteroatoms. The first kappa shape index (κ1) is 18.3. The molecule has 1 aliphatic rings. The molecule has 138 valence electrons. The molecule has 2 N–H and O–H groups in total. The second-order valence-corrected chi connectivity index (χ2v) is 7.39. The van der Waals surface area contributed by atoms with Gasteiger partial charge in [-0.05, 0) is 42.0 Å². The molecule has 2 amide bonds. The lowest BCUT2D eigenvalue weighted by Crippen LogP contribution is -2.41. The fourth-order valence-corrected chi connectivity index (χ4v) is 3.26. The van der Waals surface area contributed by atoms with Crippen molar-refractivity contribution in [1.29, 1.82) is 0 Å². The van der Waals surface area contributed by atoms with Crippen LogP contribution >= 0.6 is 0 Å². The van der Waals surface area contributed by atoms with Gasteiger partial charge >= 0.3 is 6.03 Å². The van der Waals surface area contributed by atoms with E-state index in [1.807, 2.05) is 25.1 Å². The minimum absolute atomic E-state index is 0.0282. The van der Waals surface area contributed by atoms with Crippen molar-refractivity contribution in [3.05, 3.63) is 65.2 Å². The maximum Gasteiger partial charge on any atom is 0.315 e. The Bertz CT molecular complexity index is 740. The van der Waals surface area contributed by atoms with Gasteiger partial charge in [0.2, 0.25) is 0 Å². The van der Waals surface area contributed by atoms with Crippen molar-refractivity contribution < 1.29 is 9.53 Å². The van der Waals surface area contributed by atoms with Crippen LogP contribution in [0.3, 0.4) is 0 Å². The molecule has 2 unspecified atom stereocenters. The van der Waals surface area contributed by atoms with E-state index >= 15 is 0 Å². The monoisotopic (exact) mass is 352 g/mol. The molecule has 0 radical (unpaired) electrons. The summed E-state index contributed by atoms with van der Waals surface area (Å²) in [5.74, 6) is 1.78. The third-order valence-electron chi connectivity index (χ3n) is 4.96. The molecule has 2 atom stereocenters. The summed E-state index contributed by atoms with van der Waals surface area (Å²) in [6, 6.07) is 16.4. The highest BCUT2D eigenvalue weighted by Crippen LogP contribution is 2.26. The van der Waals surface area contributed by atoms with Crippen LogP contribution in [0.2, 0.25) is 0 Å². The number of fused-ring (bicyclic) bond motifs is 1. The van der Waals surface area contributed by atoms with Crippen LogP contribution in [0.1, 0.15) is 49.4 Å². The van der Waals surface area contributed by atoms with Gasteiger partial charge in [0, 0.05) is 12.5 Å². The lowest BCUT2D eigenvalue weighted by atomic mass is 9.97. The summed E-state index contributed by atoms with van der Waals surface area (Å²) in [6.45, 7) is 7.61. The molecule has 3 rings (SSSR count). The zero-order chi connectivity index (χ0) is 18.5. The first-order chi connectivity index (χ1) is 12.5. The molecule has 0 saturated carbocycles. The van der Waals surface area contributed by atoms with Gasteiger partial charge in [-0.25, -0.2) is 4.79 Å². The Morgan fingerprint density at radius 3 is 2.50 bits per heavy atom. The Hall–Kier alpha value is -2.49. The van der Waals surface area contributed by atoms with Gasteiger partial charge in [0.15, 0.2) is 0 Å². The topological polar surface area (TPSA) is 50.4 Å². The summed E-state index contributed by atoms with van der Waals surface area (Å²) < 4.78 is 5.78. The minimum Gasteiger partial charge on any atom is -0.493 e. The van der Waals surface area contributed by atoms with Crippen molar-refractivity contribution in [3.63, 3.8) is 0 Å². The van der Waals surface area contributed by atoms with E-state index in [9.17, 15) is 4.79 Å². The van der Waals surface area contributed by atoms with E-state index < -0.39 is 0 Å². The van der Waals surface area contributed by atoms with Crippen LogP contribution in [-0.4, -0.2) is 19.2 Å². The van der Waals surface area contributed by atoms with Crippen molar-refractivity contribution in [2.75, 3.05) is 13.2 Å². The molecule has 0 saturated heterocycles. The average molecular weight is 352 g/mol. The van der Waals surface area contributed by atoms with E-state index in [0.717, 1.165) is 17.7 Å². The highest BCUT2D eigenvalue weighted by Gasteiger charge is 2.20. The highest BCUT2D eigenvalue weighted by atomic mass is 16.5. The van der Waals surface area contributed by atoms with Gasteiger partial charge in [-0.2, -0.15) is 0 Å². The smallest absolute Gasteiger partial charge is 0.315 e. The number of urea groups is 1. The largest absolute Gasteiger partial charge is 0.493 e. The molecule has 0 aliphatic carbocycles. The van der Waals surface area contributed by atoms with Gasteiger partial charge in [0.05, 0.1) is 12.6 Å². The second-order valence-electron chi connectivity index (χ2n) is 7.39. The lowest BCUT2D eigenvalue weighted by molar-refractivity contribution is 0.210. The Morgan fingerprint density at radius 2 is 1.77 bits per heavy atom. The number of rotatable bonds is 5. The maximum absolute atomic E-state index is 12.2. The SMILES string of the molecule is CC(C)c1ccc(C(C)NC(=O)NCC2COc3ccccc3C2)cc1. The summed E-state index contributed by atoms with van der Waals surface area (Å²) in [5.41, 5.74) is 3.63. The van der Waals surface area contributed by atoms with Crippen LogP contribution in [0.15, 0.2) is 48.5 Å². The molecule has 0 bridgehead atoms. The van der Waals surface area contributed by atoms with Gasteiger partial charge in [0.1, 0.15) is 5.75 Å². The summed E-state index contributed by atoms with van der Waals surface area (Å²) in [5, 5.41) is 6.00. The van der Waals surface area contributed by atoms with Crippen LogP contribution in [0.5, 0.6) is 5.75 Å². The van der Waals surface area contributed by atoms with E-state index in [0.29, 0.717) is 25.0 Å². The van der Waals surface area contributed by atoms with E-state index in [2.05, 4.69) is 54.8 Å². The number of carbonyl (C=O) groups is 1. The number of amides is 2. The van der Waals surface area contributed by atoms with Crippen molar-refractivity contribution in [1.82, 2.24) is 10.6 Å². The Labute approximate surface area is 156 Å². The fourth-order valence-electron chi connectivity index (χ4n) is 3.26. The Balaban J connectivity index is 1.47. The number of nitrogens with one attached hydrogen (secondary N) is 2. The fraction of sp³-hybridized carbons (Fsp3) is 0.409. The van der Waals surface area contributed by atoms with Crippen LogP contribution in [0, 0.1) is 5.92 Å². The number of hydrogen-bond acceptors (Lipinski definition) is 2. The average Bonchev–Trinajstić information content (AvgIpc) is 2.66. The van der Waals surface area contributed by atoms with E-state index in [1.165, 1.54) is 11.1 Å². The second kappa shape index (κ2) is 8.26. The number of ether oxygens (including phenoxy) is 1. The van der Waals surface area contributed by atoms with Crippen LogP contribution < -0.4 is 15.4 Å². The summed E-state index contributed by atoms with van der Waals surface area (Å²) in [7, 11) is 0.